The zero-order valence-electron chi connectivity index (χ0n) is 29.5. The van der Waals surface area contributed by atoms with E-state index in [0.29, 0.717) is 0 Å². The molecule has 2 heteroatoms. The molecule has 8 aromatic rings. The molecule has 0 spiro atoms. The normalized spacial score (nSPS) is 10.9. The van der Waals surface area contributed by atoms with Crippen molar-refractivity contribution in [3.05, 3.63) is 217 Å². The molecule has 0 aliphatic heterocycles. The second-order valence-corrected chi connectivity index (χ2v) is 13.1. The summed E-state index contributed by atoms with van der Waals surface area (Å²) >= 11 is 0. The summed E-state index contributed by atoms with van der Waals surface area (Å²) < 4.78 is 0. The van der Waals surface area contributed by atoms with Crippen molar-refractivity contribution in [2.24, 2.45) is 0 Å². The lowest BCUT2D eigenvalue weighted by molar-refractivity contribution is 1.24. The number of nitrogens with zero attached hydrogens (tertiary/aromatic N) is 2. The molecular formula is C50H40N2. The molecule has 8 aromatic carbocycles. The molecule has 0 atom stereocenters. The van der Waals surface area contributed by atoms with E-state index in [9.17, 15) is 0 Å². The summed E-state index contributed by atoms with van der Waals surface area (Å²) in [7, 11) is 0. The summed E-state index contributed by atoms with van der Waals surface area (Å²) in [4.78, 5) is 4.77. The maximum Gasteiger partial charge on any atom is 0.0540 e. The Morgan fingerprint density at radius 1 is 0.269 bits per heavy atom. The van der Waals surface area contributed by atoms with E-state index in [1.807, 2.05) is 0 Å². The molecule has 0 N–H and O–H groups in total. The predicted octanol–water partition coefficient (Wildman–Crippen LogP) is 14.2. The van der Waals surface area contributed by atoms with Crippen molar-refractivity contribution in [3.63, 3.8) is 0 Å². The fraction of sp³-hybridized carbons (Fsp3) is 0.0400. The summed E-state index contributed by atoms with van der Waals surface area (Å²) in [5.74, 6) is 0. The number of hydrogen-bond donors (Lipinski definition) is 0. The van der Waals surface area contributed by atoms with Gasteiger partial charge in [-0.1, -0.05) is 146 Å². The van der Waals surface area contributed by atoms with Crippen molar-refractivity contribution in [3.8, 4) is 33.4 Å². The van der Waals surface area contributed by atoms with E-state index in [4.69, 9.17) is 0 Å². The van der Waals surface area contributed by atoms with Gasteiger partial charge in [-0.3, -0.25) is 0 Å². The first kappa shape index (κ1) is 32.6. The highest BCUT2D eigenvalue weighted by Gasteiger charge is 2.21. The van der Waals surface area contributed by atoms with E-state index in [1.54, 1.807) is 0 Å². The number of anilines is 6. The van der Waals surface area contributed by atoms with Crippen LogP contribution in [0.2, 0.25) is 0 Å². The van der Waals surface area contributed by atoms with Crippen LogP contribution in [0.25, 0.3) is 33.4 Å². The Labute approximate surface area is 307 Å². The van der Waals surface area contributed by atoms with Crippen molar-refractivity contribution >= 4 is 34.1 Å². The van der Waals surface area contributed by atoms with E-state index in [1.165, 1.54) is 44.5 Å². The molecule has 0 amide bonds. The average Bonchev–Trinajstić information content (AvgIpc) is 3.21. The second kappa shape index (κ2) is 14.7. The highest BCUT2D eigenvalue weighted by molar-refractivity contribution is 5.91. The van der Waals surface area contributed by atoms with Gasteiger partial charge in [0.2, 0.25) is 0 Å². The van der Waals surface area contributed by atoms with Crippen LogP contribution in [-0.4, -0.2) is 0 Å². The lowest BCUT2D eigenvalue weighted by atomic mass is 9.97. The van der Waals surface area contributed by atoms with Crippen LogP contribution in [0.1, 0.15) is 11.1 Å². The Hall–Kier alpha value is -6.64. The van der Waals surface area contributed by atoms with Gasteiger partial charge in [0, 0.05) is 33.9 Å². The third-order valence-electron chi connectivity index (χ3n) is 9.70. The number of aryl methyl sites for hydroxylation is 2. The summed E-state index contributed by atoms with van der Waals surface area (Å²) in [6, 6.07) is 73.7. The standard InChI is InChI=1S/C50H40N2/c1-37-35-41(31-33-47(37)51(43-23-11-5-12-24-43)49-29-17-15-27-45(49)39-19-7-3-8-20-39)42-32-34-48(38(2)36-42)52(44-25-13-6-14-26-44)50-30-18-16-28-46(50)40-21-9-4-10-22-40/h3-36H,1-2H3. The molecule has 52 heavy (non-hydrogen) atoms. The minimum atomic E-state index is 1.12. The molecule has 0 saturated heterocycles. The Bertz CT molecular complexity index is 2250. The molecule has 2 nitrogen and oxygen atoms in total. The number of rotatable bonds is 9. The molecule has 0 aliphatic rings. The maximum absolute atomic E-state index is 2.39. The van der Waals surface area contributed by atoms with Gasteiger partial charge in [0.1, 0.15) is 0 Å². The van der Waals surface area contributed by atoms with Gasteiger partial charge in [-0.05, 0) is 108 Å². The highest BCUT2D eigenvalue weighted by Crippen LogP contribution is 2.45. The molecule has 0 bridgehead atoms. The summed E-state index contributed by atoms with van der Waals surface area (Å²) in [6.07, 6.45) is 0. The molecular weight excluding hydrogens is 629 g/mol. The molecule has 8 rings (SSSR count). The van der Waals surface area contributed by atoms with Gasteiger partial charge in [0.15, 0.2) is 0 Å². The molecule has 0 aromatic heterocycles. The van der Waals surface area contributed by atoms with Gasteiger partial charge in [-0.15, -0.1) is 0 Å². The van der Waals surface area contributed by atoms with Crippen molar-refractivity contribution in [1.29, 1.82) is 0 Å². The van der Waals surface area contributed by atoms with Gasteiger partial charge in [-0.2, -0.15) is 0 Å². The number of benzene rings is 8. The van der Waals surface area contributed by atoms with E-state index >= 15 is 0 Å². The first-order valence-electron chi connectivity index (χ1n) is 17.9. The molecule has 0 radical (unpaired) electrons. The van der Waals surface area contributed by atoms with Crippen molar-refractivity contribution < 1.29 is 0 Å². The van der Waals surface area contributed by atoms with Crippen LogP contribution in [0.4, 0.5) is 34.1 Å². The Morgan fingerprint density at radius 3 is 0.962 bits per heavy atom. The van der Waals surface area contributed by atoms with Crippen molar-refractivity contribution in [2.75, 3.05) is 9.80 Å². The third kappa shape index (κ3) is 6.51. The van der Waals surface area contributed by atoms with Crippen molar-refractivity contribution in [1.82, 2.24) is 0 Å². The first-order valence-corrected chi connectivity index (χ1v) is 17.9. The Balaban J connectivity index is 1.20. The lowest BCUT2D eigenvalue weighted by Gasteiger charge is -2.30. The zero-order chi connectivity index (χ0) is 35.3. The SMILES string of the molecule is Cc1cc(-c2ccc(N(c3ccccc3)c3ccccc3-c3ccccc3)c(C)c2)ccc1N(c1ccccc1)c1ccccc1-c1ccccc1. The minimum absolute atomic E-state index is 1.12. The van der Waals surface area contributed by atoms with E-state index in [-0.39, 0.29) is 0 Å². The van der Waals surface area contributed by atoms with Crippen LogP contribution in [-0.2, 0) is 0 Å². The average molecular weight is 669 g/mol. The largest absolute Gasteiger partial charge is 0.310 e. The predicted molar refractivity (Wildman–Crippen MR) is 222 cm³/mol. The molecule has 0 aliphatic carbocycles. The first-order chi connectivity index (χ1) is 25.7. The molecule has 0 heterocycles. The third-order valence-corrected chi connectivity index (χ3v) is 9.70. The quantitative estimate of drug-likeness (QED) is 0.151. The molecule has 0 saturated carbocycles. The van der Waals surface area contributed by atoms with Crippen LogP contribution >= 0.6 is 0 Å². The molecule has 250 valence electrons. The maximum atomic E-state index is 2.39. The topological polar surface area (TPSA) is 6.48 Å². The summed E-state index contributed by atoms with van der Waals surface area (Å²) in [5.41, 5.74) is 16.4. The Morgan fingerprint density at radius 2 is 0.596 bits per heavy atom. The smallest absolute Gasteiger partial charge is 0.0540 e. The lowest BCUT2D eigenvalue weighted by Crippen LogP contribution is -2.13. The van der Waals surface area contributed by atoms with Gasteiger partial charge >= 0.3 is 0 Å². The zero-order valence-corrected chi connectivity index (χ0v) is 29.5. The van der Waals surface area contributed by atoms with Crippen LogP contribution in [0.5, 0.6) is 0 Å². The van der Waals surface area contributed by atoms with Gasteiger partial charge in [0.25, 0.3) is 0 Å². The monoisotopic (exact) mass is 668 g/mol. The van der Waals surface area contributed by atoms with Gasteiger partial charge in [0.05, 0.1) is 11.4 Å². The van der Waals surface area contributed by atoms with Crippen molar-refractivity contribution in [2.45, 2.75) is 13.8 Å². The second-order valence-electron chi connectivity index (χ2n) is 13.1. The van der Waals surface area contributed by atoms with Crippen LogP contribution in [0, 0.1) is 13.8 Å². The van der Waals surface area contributed by atoms with Crippen LogP contribution in [0.15, 0.2) is 206 Å². The summed E-state index contributed by atoms with van der Waals surface area (Å²) in [6.45, 7) is 4.44. The summed E-state index contributed by atoms with van der Waals surface area (Å²) in [5, 5.41) is 0. The molecule has 0 unspecified atom stereocenters. The minimum Gasteiger partial charge on any atom is -0.310 e. The fourth-order valence-electron chi connectivity index (χ4n) is 7.20. The van der Waals surface area contributed by atoms with Gasteiger partial charge in [-0.25, -0.2) is 0 Å². The van der Waals surface area contributed by atoms with Gasteiger partial charge < -0.3 is 9.80 Å². The fourth-order valence-corrected chi connectivity index (χ4v) is 7.20. The number of hydrogen-bond acceptors (Lipinski definition) is 2. The van der Waals surface area contributed by atoms with Crippen LogP contribution < -0.4 is 9.80 Å². The van der Waals surface area contributed by atoms with E-state index < -0.39 is 0 Å². The number of para-hydroxylation sites is 4. The van der Waals surface area contributed by atoms with E-state index in [2.05, 4.69) is 230 Å². The van der Waals surface area contributed by atoms with Crippen LogP contribution in [0.3, 0.4) is 0 Å². The van der Waals surface area contributed by atoms with E-state index in [0.717, 1.165) is 34.1 Å². The Kier molecular flexibility index (Phi) is 9.19. The molecule has 0 fully saturated rings. The highest BCUT2D eigenvalue weighted by atomic mass is 15.2.